The Kier molecular flexibility index (Phi) is 3.74. The van der Waals surface area contributed by atoms with Crippen LogP contribution < -0.4 is 10.6 Å². The monoisotopic (exact) mass is 235 g/mol. The molecule has 1 aliphatic heterocycles. The molecule has 1 heterocycles. The van der Waals surface area contributed by atoms with Gasteiger partial charge in [0.15, 0.2) is 0 Å². The Labute approximate surface area is 102 Å². The Morgan fingerprint density at radius 3 is 2.31 bits per heavy atom. The zero-order chi connectivity index (χ0) is 11.4. The SMILES string of the molecule is NC(=S)CN1CCN(c2ccccc2)CC1. The van der Waals surface area contributed by atoms with Crippen molar-refractivity contribution in [2.75, 3.05) is 37.6 Å². The summed E-state index contributed by atoms with van der Waals surface area (Å²) in [5.41, 5.74) is 6.85. The van der Waals surface area contributed by atoms with E-state index in [2.05, 4.69) is 34.1 Å². The smallest absolute Gasteiger partial charge is 0.0870 e. The van der Waals surface area contributed by atoms with Crippen LogP contribution in [0.2, 0.25) is 0 Å². The predicted molar refractivity (Wildman–Crippen MR) is 71.9 cm³/mol. The summed E-state index contributed by atoms with van der Waals surface area (Å²) in [6.07, 6.45) is 0. The zero-order valence-corrected chi connectivity index (χ0v) is 10.1. The van der Waals surface area contributed by atoms with Crippen LogP contribution in [0.5, 0.6) is 0 Å². The molecule has 4 heteroatoms. The fourth-order valence-electron chi connectivity index (χ4n) is 2.02. The summed E-state index contributed by atoms with van der Waals surface area (Å²) in [5, 5.41) is 0. The predicted octanol–water partition coefficient (Wildman–Crippen LogP) is 1.09. The fraction of sp³-hybridized carbons (Fsp3) is 0.417. The van der Waals surface area contributed by atoms with Crippen molar-refractivity contribution < 1.29 is 0 Å². The molecule has 0 aromatic heterocycles. The lowest BCUT2D eigenvalue weighted by Crippen LogP contribution is -2.48. The summed E-state index contributed by atoms with van der Waals surface area (Å²) in [6.45, 7) is 4.91. The van der Waals surface area contributed by atoms with Gasteiger partial charge in [-0.2, -0.15) is 0 Å². The van der Waals surface area contributed by atoms with Gasteiger partial charge in [-0.1, -0.05) is 30.4 Å². The zero-order valence-electron chi connectivity index (χ0n) is 9.30. The molecule has 1 fully saturated rings. The topological polar surface area (TPSA) is 32.5 Å². The number of benzene rings is 1. The first-order chi connectivity index (χ1) is 7.75. The van der Waals surface area contributed by atoms with Crippen molar-refractivity contribution in [3.05, 3.63) is 30.3 Å². The Morgan fingerprint density at radius 1 is 1.12 bits per heavy atom. The summed E-state index contributed by atoms with van der Waals surface area (Å²) in [4.78, 5) is 5.30. The van der Waals surface area contributed by atoms with E-state index in [0.29, 0.717) is 4.99 Å². The number of anilines is 1. The summed E-state index contributed by atoms with van der Waals surface area (Å²) >= 11 is 4.92. The Morgan fingerprint density at radius 2 is 1.75 bits per heavy atom. The van der Waals surface area contributed by atoms with Crippen LogP contribution in [0.1, 0.15) is 0 Å². The van der Waals surface area contributed by atoms with Gasteiger partial charge in [-0.25, -0.2) is 0 Å². The van der Waals surface area contributed by atoms with Gasteiger partial charge in [-0.15, -0.1) is 0 Å². The second-order valence-corrected chi connectivity index (χ2v) is 4.59. The van der Waals surface area contributed by atoms with Gasteiger partial charge in [0.1, 0.15) is 0 Å². The minimum atomic E-state index is 0.591. The molecule has 0 atom stereocenters. The van der Waals surface area contributed by atoms with Crippen molar-refractivity contribution in [3.8, 4) is 0 Å². The van der Waals surface area contributed by atoms with Crippen LogP contribution in [0.4, 0.5) is 5.69 Å². The quantitative estimate of drug-likeness (QED) is 0.795. The van der Waals surface area contributed by atoms with Crippen LogP contribution >= 0.6 is 12.2 Å². The summed E-state index contributed by atoms with van der Waals surface area (Å²) in [5.74, 6) is 0. The number of para-hydroxylation sites is 1. The molecule has 0 amide bonds. The van der Waals surface area contributed by atoms with Crippen molar-refractivity contribution >= 4 is 22.9 Å². The molecular weight excluding hydrogens is 218 g/mol. The van der Waals surface area contributed by atoms with E-state index in [-0.39, 0.29) is 0 Å². The minimum Gasteiger partial charge on any atom is -0.392 e. The first-order valence-electron chi connectivity index (χ1n) is 5.56. The molecule has 0 bridgehead atoms. The van der Waals surface area contributed by atoms with Crippen LogP contribution in [-0.4, -0.2) is 42.6 Å². The maximum Gasteiger partial charge on any atom is 0.0870 e. The third kappa shape index (κ3) is 2.93. The molecule has 3 nitrogen and oxygen atoms in total. The van der Waals surface area contributed by atoms with E-state index in [1.165, 1.54) is 5.69 Å². The molecule has 0 radical (unpaired) electrons. The van der Waals surface area contributed by atoms with Crippen molar-refractivity contribution in [2.45, 2.75) is 0 Å². The Balaban J connectivity index is 1.88. The van der Waals surface area contributed by atoms with Gasteiger partial charge in [-0.3, -0.25) is 4.90 Å². The number of piperazine rings is 1. The summed E-state index contributed by atoms with van der Waals surface area (Å²) < 4.78 is 0. The van der Waals surface area contributed by atoms with Crippen molar-refractivity contribution in [1.82, 2.24) is 4.90 Å². The lowest BCUT2D eigenvalue weighted by Gasteiger charge is -2.35. The summed E-state index contributed by atoms with van der Waals surface area (Å²) in [7, 11) is 0. The normalized spacial score (nSPS) is 17.4. The van der Waals surface area contributed by atoms with Gasteiger partial charge in [0.2, 0.25) is 0 Å². The summed E-state index contributed by atoms with van der Waals surface area (Å²) in [6, 6.07) is 10.5. The van der Waals surface area contributed by atoms with E-state index in [1.54, 1.807) is 0 Å². The third-order valence-electron chi connectivity index (χ3n) is 2.87. The van der Waals surface area contributed by atoms with Gasteiger partial charge in [0.05, 0.1) is 4.99 Å². The number of nitrogens with two attached hydrogens (primary N) is 1. The first kappa shape index (κ1) is 11.4. The largest absolute Gasteiger partial charge is 0.392 e. The van der Waals surface area contributed by atoms with E-state index >= 15 is 0 Å². The molecule has 2 rings (SSSR count). The molecule has 1 aliphatic rings. The van der Waals surface area contributed by atoms with Crippen LogP contribution in [0.3, 0.4) is 0 Å². The van der Waals surface area contributed by atoms with Crippen LogP contribution in [0.25, 0.3) is 0 Å². The molecule has 0 saturated carbocycles. The minimum absolute atomic E-state index is 0.591. The first-order valence-corrected chi connectivity index (χ1v) is 5.97. The molecule has 1 aromatic rings. The van der Waals surface area contributed by atoms with Crippen molar-refractivity contribution in [3.63, 3.8) is 0 Å². The Bertz CT molecular complexity index is 345. The fourth-order valence-corrected chi connectivity index (χ4v) is 2.21. The number of rotatable bonds is 3. The van der Waals surface area contributed by atoms with Crippen LogP contribution in [0.15, 0.2) is 30.3 Å². The van der Waals surface area contributed by atoms with Gasteiger partial charge in [0.25, 0.3) is 0 Å². The van der Waals surface area contributed by atoms with Crippen molar-refractivity contribution in [1.29, 1.82) is 0 Å². The highest BCUT2D eigenvalue weighted by atomic mass is 32.1. The van der Waals surface area contributed by atoms with Crippen molar-refractivity contribution in [2.24, 2.45) is 5.73 Å². The van der Waals surface area contributed by atoms with Gasteiger partial charge < -0.3 is 10.6 Å². The highest BCUT2D eigenvalue weighted by Crippen LogP contribution is 2.15. The highest BCUT2D eigenvalue weighted by molar-refractivity contribution is 7.80. The van der Waals surface area contributed by atoms with Gasteiger partial charge >= 0.3 is 0 Å². The van der Waals surface area contributed by atoms with E-state index < -0.39 is 0 Å². The molecule has 1 aromatic carbocycles. The third-order valence-corrected chi connectivity index (χ3v) is 3.00. The second kappa shape index (κ2) is 5.27. The average molecular weight is 235 g/mol. The maximum atomic E-state index is 5.55. The molecule has 86 valence electrons. The molecule has 2 N–H and O–H groups in total. The van der Waals surface area contributed by atoms with E-state index in [9.17, 15) is 0 Å². The average Bonchev–Trinajstić information content (AvgIpc) is 2.30. The molecule has 16 heavy (non-hydrogen) atoms. The van der Waals surface area contributed by atoms with Crippen LogP contribution in [-0.2, 0) is 0 Å². The molecule has 0 spiro atoms. The highest BCUT2D eigenvalue weighted by Gasteiger charge is 2.16. The van der Waals surface area contributed by atoms with E-state index in [4.69, 9.17) is 18.0 Å². The van der Waals surface area contributed by atoms with E-state index in [1.807, 2.05) is 6.07 Å². The van der Waals surface area contributed by atoms with Gasteiger partial charge in [-0.05, 0) is 12.1 Å². The lowest BCUT2D eigenvalue weighted by molar-refractivity contribution is 0.292. The number of thiocarbonyl (C=S) groups is 1. The molecule has 0 unspecified atom stereocenters. The molecular formula is C12H17N3S. The van der Waals surface area contributed by atoms with Gasteiger partial charge in [0, 0.05) is 38.4 Å². The maximum absolute atomic E-state index is 5.55. The lowest BCUT2D eigenvalue weighted by atomic mass is 10.2. The molecule has 1 saturated heterocycles. The Hall–Kier alpha value is -1.13. The standard InChI is InChI=1S/C12H17N3S/c13-12(16)10-14-6-8-15(9-7-14)11-4-2-1-3-5-11/h1-5H,6-10H2,(H2,13,16). The number of hydrogen-bond acceptors (Lipinski definition) is 3. The second-order valence-electron chi connectivity index (χ2n) is 4.07. The van der Waals surface area contributed by atoms with E-state index in [0.717, 1.165) is 32.7 Å². The number of nitrogens with zero attached hydrogens (tertiary/aromatic N) is 2. The van der Waals surface area contributed by atoms with Crippen LogP contribution in [0, 0.1) is 0 Å². The molecule has 0 aliphatic carbocycles. The number of hydrogen-bond donors (Lipinski definition) is 1.